The van der Waals surface area contributed by atoms with Crippen LogP contribution in [-0.2, 0) is 4.74 Å². The fourth-order valence-electron chi connectivity index (χ4n) is 1.56. The molecule has 17 heavy (non-hydrogen) atoms. The van der Waals surface area contributed by atoms with Crippen LogP contribution in [0.1, 0.15) is 30.1 Å². The van der Waals surface area contributed by atoms with E-state index in [1.807, 2.05) is 0 Å². The lowest BCUT2D eigenvalue weighted by Gasteiger charge is -2.16. The van der Waals surface area contributed by atoms with Crippen LogP contribution in [0.15, 0.2) is 18.3 Å². The number of ether oxygens (including phenoxy) is 1. The predicted molar refractivity (Wildman–Crippen MR) is 66.7 cm³/mol. The number of anilines is 1. The van der Waals surface area contributed by atoms with Crippen LogP contribution in [0.3, 0.4) is 0 Å². The highest BCUT2D eigenvalue weighted by atomic mass is 16.5. The number of nitrogens with two attached hydrogens (primary N) is 1. The second kappa shape index (κ2) is 6.85. The van der Waals surface area contributed by atoms with Crippen LogP contribution in [0.4, 0.5) is 5.82 Å². The van der Waals surface area contributed by atoms with E-state index < -0.39 is 0 Å². The summed E-state index contributed by atoms with van der Waals surface area (Å²) in [6, 6.07) is 3.31. The van der Waals surface area contributed by atoms with Gasteiger partial charge in [0.25, 0.3) is 5.91 Å². The van der Waals surface area contributed by atoms with Gasteiger partial charge < -0.3 is 15.8 Å². The summed E-state index contributed by atoms with van der Waals surface area (Å²) in [5.74, 6) is 0.261. The lowest BCUT2D eigenvalue weighted by atomic mass is 10.1. The van der Waals surface area contributed by atoms with Crippen LogP contribution < -0.4 is 11.1 Å². The number of carbonyl (C=O) groups excluding carboxylic acids is 1. The lowest BCUT2D eigenvalue weighted by Crippen LogP contribution is -2.37. The van der Waals surface area contributed by atoms with E-state index in [1.165, 1.54) is 6.20 Å². The van der Waals surface area contributed by atoms with Crippen LogP contribution in [-0.4, -0.2) is 30.6 Å². The SMILES string of the molecule is CCCC(COC)NC(=O)c1ccc(N)nc1. The van der Waals surface area contributed by atoms with Crippen LogP contribution in [0.25, 0.3) is 0 Å². The molecule has 1 heterocycles. The molecule has 0 saturated carbocycles. The van der Waals surface area contributed by atoms with Crippen LogP contribution in [0, 0.1) is 0 Å². The molecule has 94 valence electrons. The largest absolute Gasteiger partial charge is 0.384 e. The monoisotopic (exact) mass is 237 g/mol. The summed E-state index contributed by atoms with van der Waals surface area (Å²) < 4.78 is 5.06. The number of nitrogens with zero attached hydrogens (tertiary/aromatic N) is 1. The van der Waals surface area contributed by atoms with E-state index in [1.54, 1.807) is 19.2 Å². The number of amides is 1. The first-order valence-corrected chi connectivity index (χ1v) is 5.68. The van der Waals surface area contributed by atoms with Crippen molar-refractivity contribution < 1.29 is 9.53 Å². The third-order valence-electron chi connectivity index (χ3n) is 2.39. The molecule has 0 bridgehead atoms. The van der Waals surface area contributed by atoms with Crippen molar-refractivity contribution in [1.29, 1.82) is 0 Å². The van der Waals surface area contributed by atoms with Gasteiger partial charge in [-0.05, 0) is 18.6 Å². The van der Waals surface area contributed by atoms with Crippen LogP contribution in [0.2, 0.25) is 0 Å². The predicted octanol–water partition coefficient (Wildman–Crippen LogP) is 1.21. The van der Waals surface area contributed by atoms with Gasteiger partial charge in [0.15, 0.2) is 0 Å². The van der Waals surface area contributed by atoms with Crippen molar-refractivity contribution in [2.45, 2.75) is 25.8 Å². The molecule has 5 heteroatoms. The van der Waals surface area contributed by atoms with E-state index in [0.717, 1.165) is 12.8 Å². The number of hydrogen-bond acceptors (Lipinski definition) is 4. The van der Waals surface area contributed by atoms with E-state index in [4.69, 9.17) is 10.5 Å². The Morgan fingerprint density at radius 2 is 2.35 bits per heavy atom. The molecule has 1 rings (SSSR count). The van der Waals surface area contributed by atoms with Crippen molar-refractivity contribution in [3.63, 3.8) is 0 Å². The minimum Gasteiger partial charge on any atom is -0.384 e. The number of rotatable bonds is 6. The van der Waals surface area contributed by atoms with Crippen molar-refractivity contribution in [3.05, 3.63) is 23.9 Å². The Morgan fingerprint density at radius 3 is 2.88 bits per heavy atom. The second-order valence-electron chi connectivity index (χ2n) is 3.89. The van der Waals surface area contributed by atoms with Crippen LogP contribution in [0.5, 0.6) is 0 Å². The summed E-state index contributed by atoms with van der Waals surface area (Å²) in [6.45, 7) is 2.58. The lowest BCUT2D eigenvalue weighted by molar-refractivity contribution is 0.0891. The van der Waals surface area contributed by atoms with Gasteiger partial charge in [0.2, 0.25) is 0 Å². The quantitative estimate of drug-likeness (QED) is 0.779. The topological polar surface area (TPSA) is 77.2 Å². The fraction of sp³-hybridized carbons (Fsp3) is 0.500. The molecule has 0 radical (unpaired) electrons. The first kappa shape index (κ1) is 13.4. The Bertz CT molecular complexity index is 345. The smallest absolute Gasteiger partial charge is 0.253 e. The number of carbonyl (C=O) groups is 1. The second-order valence-corrected chi connectivity index (χ2v) is 3.89. The highest BCUT2D eigenvalue weighted by molar-refractivity contribution is 5.94. The van der Waals surface area contributed by atoms with Gasteiger partial charge in [-0.1, -0.05) is 13.3 Å². The summed E-state index contributed by atoms with van der Waals surface area (Å²) in [5, 5.41) is 2.91. The van der Waals surface area contributed by atoms with Gasteiger partial charge in [0.05, 0.1) is 18.2 Å². The number of pyridine rings is 1. The van der Waals surface area contributed by atoms with Gasteiger partial charge in [-0.25, -0.2) is 4.98 Å². The Morgan fingerprint density at radius 1 is 1.59 bits per heavy atom. The maximum atomic E-state index is 11.9. The van der Waals surface area contributed by atoms with Crippen LogP contribution >= 0.6 is 0 Å². The molecule has 0 aliphatic rings. The van der Waals surface area contributed by atoms with E-state index in [2.05, 4.69) is 17.2 Å². The van der Waals surface area contributed by atoms with Crippen molar-refractivity contribution in [3.8, 4) is 0 Å². The molecule has 0 fully saturated rings. The molecule has 1 amide bonds. The molecular formula is C12H19N3O2. The number of hydrogen-bond donors (Lipinski definition) is 2. The first-order valence-electron chi connectivity index (χ1n) is 5.68. The molecule has 0 aliphatic heterocycles. The Kier molecular flexibility index (Phi) is 5.42. The van der Waals surface area contributed by atoms with Gasteiger partial charge >= 0.3 is 0 Å². The number of nitrogens with one attached hydrogen (secondary N) is 1. The molecule has 1 atom stereocenters. The zero-order valence-corrected chi connectivity index (χ0v) is 10.3. The summed E-state index contributed by atoms with van der Waals surface area (Å²) in [4.78, 5) is 15.8. The summed E-state index contributed by atoms with van der Waals surface area (Å²) in [5.41, 5.74) is 5.97. The van der Waals surface area contributed by atoms with E-state index in [-0.39, 0.29) is 11.9 Å². The summed E-state index contributed by atoms with van der Waals surface area (Å²) in [6.07, 6.45) is 3.36. The van der Waals surface area contributed by atoms with E-state index in [0.29, 0.717) is 18.0 Å². The van der Waals surface area contributed by atoms with Gasteiger partial charge in [0, 0.05) is 13.3 Å². The van der Waals surface area contributed by atoms with E-state index in [9.17, 15) is 4.79 Å². The minimum atomic E-state index is -0.145. The van der Waals surface area contributed by atoms with Crippen molar-refractivity contribution in [2.75, 3.05) is 19.5 Å². The minimum absolute atomic E-state index is 0.0371. The normalized spacial score (nSPS) is 12.1. The Balaban J connectivity index is 2.60. The van der Waals surface area contributed by atoms with Gasteiger partial charge in [0.1, 0.15) is 5.82 Å². The maximum Gasteiger partial charge on any atom is 0.253 e. The molecule has 0 aromatic carbocycles. The molecule has 1 aromatic heterocycles. The van der Waals surface area contributed by atoms with Gasteiger partial charge in [-0.15, -0.1) is 0 Å². The van der Waals surface area contributed by atoms with Crippen molar-refractivity contribution in [1.82, 2.24) is 10.3 Å². The average molecular weight is 237 g/mol. The molecule has 0 aliphatic carbocycles. The van der Waals surface area contributed by atoms with Gasteiger partial charge in [-0.2, -0.15) is 0 Å². The van der Waals surface area contributed by atoms with Gasteiger partial charge in [-0.3, -0.25) is 4.79 Å². The molecule has 1 unspecified atom stereocenters. The zero-order valence-electron chi connectivity index (χ0n) is 10.3. The van der Waals surface area contributed by atoms with E-state index >= 15 is 0 Å². The molecule has 5 nitrogen and oxygen atoms in total. The molecular weight excluding hydrogens is 218 g/mol. The third kappa shape index (κ3) is 4.40. The third-order valence-corrected chi connectivity index (χ3v) is 2.39. The highest BCUT2D eigenvalue weighted by Gasteiger charge is 2.12. The molecule has 0 saturated heterocycles. The summed E-state index contributed by atoms with van der Waals surface area (Å²) >= 11 is 0. The first-order chi connectivity index (χ1) is 8.17. The highest BCUT2D eigenvalue weighted by Crippen LogP contribution is 2.03. The average Bonchev–Trinajstić information content (AvgIpc) is 2.30. The standard InChI is InChI=1S/C12H19N3O2/c1-3-4-10(8-17-2)15-12(16)9-5-6-11(13)14-7-9/h5-7,10H,3-4,8H2,1-2H3,(H2,13,14)(H,15,16). The summed E-state index contributed by atoms with van der Waals surface area (Å²) in [7, 11) is 1.62. The Labute approximate surface area is 101 Å². The number of methoxy groups -OCH3 is 1. The molecule has 0 spiro atoms. The number of aromatic nitrogens is 1. The zero-order chi connectivity index (χ0) is 12.7. The maximum absolute atomic E-state index is 11.9. The molecule has 3 N–H and O–H groups in total. The number of nitrogen functional groups attached to an aromatic ring is 1. The van der Waals surface area contributed by atoms with Crippen molar-refractivity contribution >= 4 is 11.7 Å². The molecule has 1 aromatic rings. The van der Waals surface area contributed by atoms with Crippen molar-refractivity contribution in [2.24, 2.45) is 0 Å². The fourth-order valence-corrected chi connectivity index (χ4v) is 1.56. The Hall–Kier alpha value is -1.62.